The third-order valence-electron chi connectivity index (χ3n) is 3.07. The predicted octanol–water partition coefficient (Wildman–Crippen LogP) is 3.61. The van der Waals surface area contributed by atoms with Crippen LogP contribution in [0.25, 0.3) is 0 Å². The smallest absolute Gasteiger partial charge is 0.389 e. The van der Waals surface area contributed by atoms with Crippen LogP contribution in [0.15, 0.2) is 17.0 Å². The van der Waals surface area contributed by atoms with Gasteiger partial charge in [0, 0.05) is 17.9 Å². The van der Waals surface area contributed by atoms with Gasteiger partial charge >= 0.3 is 6.18 Å². The first kappa shape index (κ1) is 16.3. The molecule has 21 heavy (non-hydrogen) atoms. The number of ether oxygens (including phenoxy) is 2. The number of rotatable bonds is 6. The largest absolute Gasteiger partial charge is 0.486 e. The van der Waals surface area contributed by atoms with E-state index < -0.39 is 12.6 Å². The SMILES string of the molecule is CSc1cc2c(cc1CNCCCC(F)(F)F)OCCO2. The van der Waals surface area contributed by atoms with Crippen LogP contribution in [0.3, 0.4) is 0 Å². The average molecular weight is 321 g/mol. The molecule has 0 unspecified atom stereocenters. The lowest BCUT2D eigenvalue weighted by molar-refractivity contribution is -0.135. The molecule has 118 valence electrons. The van der Waals surface area contributed by atoms with Crippen LogP contribution < -0.4 is 14.8 Å². The molecule has 0 amide bonds. The Morgan fingerprint density at radius 3 is 2.48 bits per heavy atom. The zero-order valence-corrected chi connectivity index (χ0v) is 12.6. The van der Waals surface area contributed by atoms with E-state index in [1.165, 1.54) is 0 Å². The van der Waals surface area contributed by atoms with Gasteiger partial charge in [0.05, 0.1) is 0 Å². The summed E-state index contributed by atoms with van der Waals surface area (Å²) in [7, 11) is 0. The van der Waals surface area contributed by atoms with Crippen LogP contribution in [-0.4, -0.2) is 32.2 Å². The summed E-state index contributed by atoms with van der Waals surface area (Å²) in [5.41, 5.74) is 1.01. The van der Waals surface area contributed by atoms with Crippen molar-refractivity contribution in [2.75, 3.05) is 26.0 Å². The highest BCUT2D eigenvalue weighted by molar-refractivity contribution is 7.98. The number of alkyl halides is 3. The average Bonchev–Trinajstić information content (AvgIpc) is 2.44. The Kier molecular flexibility index (Phi) is 5.64. The van der Waals surface area contributed by atoms with Gasteiger partial charge in [0.25, 0.3) is 0 Å². The first-order valence-electron chi connectivity index (χ1n) is 6.73. The molecule has 1 aliphatic rings. The minimum Gasteiger partial charge on any atom is -0.486 e. The normalized spacial score (nSPS) is 14.3. The number of hydrogen-bond acceptors (Lipinski definition) is 4. The van der Waals surface area contributed by atoms with Crippen molar-refractivity contribution in [2.24, 2.45) is 0 Å². The van der Waals surface area contributed by atoms with Gasteiger partial charge in [-0.15, -0.1) is 11.8 Å². The first-order valence-corrected chi connectivity index (χ1v) is 7.96. The van der Waals surface area contributed by atoms with Gasteiger partial charge in [-0.3, -0.25) is 0 Å². The lowest BCUT2D eigenvalue weighted by Gasteiger charge is -2.21. The van der Waals surface area contributed by atoms with Gasteiger partial charge < -0.3 is 14.8 Å². The molecule has 0 aliphatic carbocycles. The molecule has 1 aromatic carbocycles. The summed E-state index contributed by atoms with van der Waals surface area (Å²) in [5.74, 6) is 1.43. The Hall–Kier alpha value is -1.08. The molecular formula is C14H18F3NO2S. The van der Waals surface area contributed by atoms with E-state index in [-0.39, 0.29) is 6.42 Å². The van der Waals surface area contributed by atoms with Crippen molar-refractivity contribution in [3.8, 4) is 11.5 Å². The Balaban J connectivity index is 1.90. The second-order valence-electron chi connectivity index (χ2n) is 4.70. The Bertz CT molecular complexity index is 480. The summed E-state index contributed by atoms with van der Waals surface area (Å²) < 4.78 is 47.2. The van der Waals surface area contributed by atoms with E-state index in [2.05, 4.69) is 5.32 Å². The fraction of sp³-hybridized carbons (Fsp3) is 0.571. The van der Waals surface area contributed by atoms with Crippen LogP contribution in [0.1, 0.15) is 18.4 Å². The molecule has 0 saturated heterocycles. The second-order valence-corrected chi connectivity index (χ2v) is 5.55. The van der Waals surface area contributed by atoms with Gasteiger partial charge in [-0.05, 0) is 36.9 Å². The van der Waals surface area contributed by atoms with E-state index in [9.17, 15) is 13.2 Å². The van der Waals surface area contributed by atoms with Gasteiger partial charge in [0.1, 0.15) is 13.2 Å². The summed E-state index contributed by atoms with van der Waals surface area (Å²) >= 11 is 1.58. The van der Waals surface area contributed by atoms with Crippen LogP contribution in [-0.2, 0) is 6.54 Å². The maximum Gasteiger partial charge on any atom is 0.389 e. The number of fused-ring (bicyclic) bond motifs is 1. The van der Waals surface area contributed by atoms with Crippen molar-refractivity contribution >= 4 is 11.8 Å². The quantitative estimate of drug-likeness (QED) is 0.640. The van der Waals surface area contributed by atoms with Crippen LogP contribution in [0.5, 0.6) is 11.5 Å². The van der Waals surface area contributed by atoms with Gasteiger partial charge in [0.15, 0.2) is 11.5 Å². The molecule has 0 atom stereocenters. The molecule has 1 heterocycles. The molecule has 0 saturated carbocycles. The minimum absolute atomic E-state index is 0.0860. The molecule has 0 fully saturated rings. The third-order valence-corrected chi connectivity index (χ3v) is 3.89. The lowest BCUT2D eigenvalue weighted by atomic mass is 10.2. The van der Waals surface area contributed by atoms with Gasteiger partial charge in [-0.2, -0.15) is 13.2 Å². The van der Waals surface area contributed by atoms with Crippen molar-refractivity contribution in [3.05, 3.63) is 17.7 Å². The maximum atomic E-state index is 12.1. The summed E-state index contributed by atoms with van der Waals surface area (Å²) in [6.45, 7) is 1.91. The second kappa shape index (κ2) is 7.26. The highest BCUT2D eigenvalue weighted by atomic mass is 32.2. The number of halogens is 3. The number of thioether (sulfide) groups is 1. The van der Waals surface area contributed by atoms with E-state index in [0.717, 1.165) is 16.2 Å². The number of nitrogens with one attached hydrogen (secondary N) is 1. The molecule has 0 aromatic heterocycles. The summed E-state index contributed by atoms with van der Waals surface area (Å²) in [6, 6.07) is 3.82. The van der Waals surface area contributed by atoms with Crippen molar-refractivity contribution < 1.29 is 22.6 Å². The lowest BCUT2D eigenvalue weighted by Crippen LogP contribution is -2.19. The molecule has 0 bridgehead atoms. The molecule has 1 N–H and O–H groups in total. The molecule has 0 spiro atoms. The van der Waals surface area contributed by atoms with Crippen LogP contribution >= 0.6 is 11.8 Å². The van der Waals surface area contributed by atoms with Crippen molar-refractivity contribution in [2.45, 2.75) is 30.5 Å². The molecule has 1 aliphatic heterocycles. The fourth-order valence-electron chi connectivity index (χ4n) is 2.08. The van der Waals surface area contributed by atoms with E-state index in [0.29, 0.717) is 32.1 Å². The molecule has 2 rings (SSSR count). The van der Waals surface area contributed by atoms with Crippen LogP contribution in [0.2, 0.25) is 0 Å². The van der Waals surface area contributed by atoms with Crippen molar-refractivity contribution in [1.29, 1.82) is 0 Å². The molecule has 0 radical (unpaired) electrons. The minimum atomic E-state index is -4.08. The van der Waals surface area contributed by atoms with E-state index in [1.807, 2.05) is 18.4 Å². The van der Waals surface area contributed by atoms with Crippen LogP contribution in [0, 0.1) is 0 Å². The Labute approximate surface area is 126 Å². The standard InChI is InChI=1S/C14H18F3NO2S/c1-21-13-8-12-11(19-5-6-20-12)7-10(13)9-18-4-2-3-14(15,16)17/h7-8,18H,2-6,9H2,1H3. The maximum absolute atomic E-state index is 12.1. The van der Waals surface area contributed by atoms with E-state index >= 15 is 0 Å². The summed E-state index contributed by atoms with van der Waals surface area (Å²) in [4.78, 5) is 1.04. The van der Waals surface area contributed by atoms with E-state index in [1.54, 1.807) is 11.8 Å². The zero-order valence-electron chi connectivity index (χ0n) is 11.8. The van der Waals surface area contributed by atoms with E-state index in [4.69, 9.17) is 9.47 Å². The van der Waals surface area contributed by atoms with Crippen LogP contribution in [0.4, 0.5) is 13.2 Å². The highest BCUT2D eigenvalue weighted by Crippen LogP contribution is 2.36. The molecule has 3 nitrogen and oxygen atoms in total. The van der Waals surface area contributed by atoms with Crippen molar-refractivity contribution in [3.63, 3.8) is 0 Å². The Morgan fingerprint density at radius 2 is 1.86 bits per heavy atom. The van der Waals surface area contributed by atoms with Gasteiger partial charge in [0.2, 0.25) is 0 Å². The van der Waals surface area contributed by atoms with Gasteiger partial charge in [-0.1, -0.05) is 0 Å². The molecular weight excluding hydrogens is 303 g/mol. The highest BCUT2D eigenvalue weighted by Gasteiger charge is 2.25. The Morgan fingerprint density at radius 1 is 1.19 bits per heavy atom. The predicted molar refractivity (Wildman–Crippen MR) is 76.2 cm³/mol. The topological polar surface area (TPSA) is 30.5 Å². The number of hydrogen-bond donors (Lipinski definition) is 1. The third kappa shape index (κ3) is 5.00. The summed E-state index contributed by atoms with van der Waals surface area (Å²) in [5, 5.41) is 3.05. The monoisotopic (exact) mass is 321 g/mol. The zero-order chi connectivity index (χ0) is 15.3. The summed E-state index contributed by atoms with van der Waals surface area (Å²) in [6.07, 6.45) is -2.79. The molecule has 1 aromatic rings. The molecule has 7 heteroatoms. The van der Waals surface area contributed by atoms with Crippen molar-refractivity contribution in [1.82, 2.24) is 5.32 Å². The first-order chi connectivity index (χ1) is 9.99. The number of benzene rings is 1. The fourth-order valence-corrected chi connectivity index (χ4v) is 2.70. The van der Waals surface area contributed by atoms with Gasteiger partial charge in [-0.25, -0.2) is 0 Å².